The number of esters is 2. The van der Waals surface area contributed by atoms with Crippen molar-refractivity contribution in [2.45, 2.75) is 84.4 Å². The Kier molecular flexibility index (Phi) is 14.3. The van der Waals surface area contributed by atoms with Crippen molar-refractivity contribution in [3.8, 4) is 11.2 Å². The van der Waals surface area contributed by atoms with Crippen LogP contribution in [0.15, 0.2) is 30.3 Å². The molecule has 0 radical (unpaired) electrons. The minimum atomic E-state index is -0.751. The topological polar surface area (TPSA) is 84.9 Å². The summed E-state index contributed by atoms with van der Waals surface area (Å²) in [6.07, 6.45) is 4.68. The van der Waals surface area contributed by atoms with Crippen LogP contribution in [0.2, 0.25) is 0 Å². The van der Waals surface area contributed by atoms with Crippen LogP contribution in [0.5, 0.6) is 0 Å². The number of methoxy groups -OCH3 is 1. The van der Waals surface area contributed by atoms with Gasteiger partial charge in [-0.25, -0.2) is 4.79 Å². The van der Waals surface area contributed by atoms with Crippen molar-refractivity contribution < 1.29 is 23.9 Å². The molecule has 0 saturated carbocycles. The number of rotatable bonds is 11. The highest BCUT2D eigenvalue weighted by molar-refractivity contribution is 8.03. The van der Waals surface area contributed by atoms with Crippen molar-refractivity contribution in [1.82, 2.24) is 10.2 Å². The average Bonchev–Trinajstić information content (AvgIpc) is 3.28. The minimum absolute atomic E-state index is 0. The van der Waals surface area contributed by atoms with Crippen LogP contribution < -0.4 is 5.32 Å². The molecule has 0 aromatic heterocycles. The van der Waals surface area contributed by atoms with Gasteiger partial charge >= 0.3 is 11.9 Å². The summed E-state index contributed by atoms with van der Waals surface area (Å²) in [5, 5.41) is 5.86. The van der Waals surface area contributed by atoms with E-state index in [1.165, 1.54) is 18.9 Å². The summed E-state index contributed by atoms with van der Waals surface area (Å²) in [6, 6.07) is 8.59. The zero-order valence-electron chi connectivity index (χ0n) is 21.3. The summed E-state index contributed by atoms with van der Waals surface area (Å²) in [5.41, 5.74) is 0.439. The summed E-state index contributed by atoms with van der Waals surface area (Å²) >= 11 is 1.28. The normalized spacial score (nSPS) is 16.2. The minimum Gasteiger partial charge on any atom is -0.467 e. The van der Waals surface area contributed by atoms with Gasteiger partial charge < -0.3 is 14.8 Å². The first-order chi connectivity index (χ1) is 16.7. The Labute approximate surface area is 221 Å². The first-order valence-electron chi connectivity index (χ1n) is 12.2. The van der Waals surface area contributed by atoms with Gasteiger partial charge in [0.25, 0.3) is 0 Å². The summed E-state index contributed by atoms with van der Waals surface area (Å²) in [6.45, 7) is 7.23. The molecule has 2 atom stereocenters. The number of amides is 1. The van der Waals surface area contributed by atoms with Gasteiger partial charge in [0.2, 0.25) is 5.91 Å². The van der Waals surface area contributed by atoms with Crippen molar-refractivity contribution in [2.75, 3.05) is 26.0 Å². The maximum absolute atomic E-state index is 13.0. The lowest BCUT2D eigenvalue weighted by atomic mass is 10.1. The lowest BCUT2D eigenvalue weighted by Gasteiger charge is -2.25. The number of hydrogen-bond acceptors (Lipinski definition) is 7. The molecule has 1 aliphatic heterocycles. The highest BCUT2D eigenvalue weighted by Gasteiger charge is 2.33. The van der Waals surface area contributed by atoms with Gasteiger partial charge in [0.05, 0.1) is 13.2 Å². The molecule has 200 valence electrons. The lowest BCUT2D eigenvalue weighted by Crippen LogP contribution is -2.50. The van der Waals surface area contributed by atoms with E-state index in [2.05, 4.69) is 21.4 Å². The molecule has 8 heteroatoms. The largest absolute Gasteiger partial charge is 0.467 e. The maximum Gasteiger partial charge on any atom is 0.329 e. The number of thioether (sulfide) groups is 1. The van der Waals surface area contributed by atoms with E-state index in [1.807, 2.05) is 51.1 Å². The number of ether oxygens (including phenoxy) is 2. The highest BCUT2D eigenvalue weighted by Crippen LogP contribution is 2.19. The third-order valence-electron chi connectivity index (χ3n) is 5.51. The quantitative estimate of drug-likeness (QED) is 0.264. The summed E-state index contributed by atoms with van der Waals surface area (Å²) < 4.78 is 10.2. The molecular formula is C28H42N2O5S. The number of nitrogens with one attached hydrogen (secondary N) is 1. The van der Waals surface area contributed by atoms with E-state index < -0.39 is 17.6 Å². The van der Waals surface area contributed by atoms with Gasteiger partial charge in [-0.15, -0.1) is 0 Å². The molecule has 1 N–H and O–H groups in total. The van der Waals surface area contributed by atoms with Gasteiger partial charge in [-0.05, 0) is 76.9 Å². The van der Waals surface area contributed by atoms with Gasteiger partial charge in [-0.1, -0.05) is 49.7 Å². The van der Waals surface area contributed by atoms with Crippen molar-refractivity contribution in [2.24, 2.45) is 0 Å². The molecule has 1 aromatic rings. The van der Waals surface area contributed by atoms with Gasteiger partial charge in [-0.2, -0.15) is 0 Å². The molecule has 1 fully saturated rings. The number of likely N-dealkylation sites (tertiary alicyclic amines) is 1. The molecule has 0 spiro atoms. The monoisotopic (exact) mass is 518 g/mol. The number of carbonyl (C=O) groups excluding carboxylic acids is 3. The molecule has 0 unspecified atom stereocenters. The van der Waals surface area contributed by atoms with Crippen LogP contribution in [-0.4, -0.2) is 66.4 Å². The van der Waals surface area contributed by atoms with Crippen LogP contribution in [0.4, 0.5) is 0 Å². The van der Waals surface area contributed by atoms with Crippen LogP contribution in [0.3, 0.4) is 0 Å². The molecule has 0 aliphatic carbocycles. The Morgan fingerprint density at radius 1 is 1.17 bits per heavy atom. The van der Waals surface area contributed by atoms with Crippen LogP contribution in [0.25, 0.3) is 0 Å². The third kappa shape index (κ3) is 12.0. The highest BCUT2D eigenvalue weighted by atomic mass is 32.2. The van der Waals surface area contributed by atoms with Gasteiger partial charge in [0, 0.05) is 17.7 Å². The summed E-state index contributed by atoms with van der Waals surface area (Å²) in [7, 11) is 1.32. The lowest BCUT2D eigenvalue weighted by molar-refractivity contribution is -0.155. The maximum atomic E-state index is 13.0. The molecule has 1 aliphatic rings. The Balaban J connectivity index is 0.00000648. The third-order valence-corrected chi connectivity index (χ3v) is 6.25. The standard InChI is InChI=1S/C27H38N2O5S.CH4/c1-27(2,3)34-24(30)15-9-6-10-17-29-18-11-14-23(29)25(31)28-22(26(32)33-4)20-35-19-16-21-12-7-5-8-13-21;/h5,7-8,12-13,22-23H,6,9-11,14-15,17-18,20H2,1-4H3,(H,28,31);1H4/t22-,23-;/m0./s1. The fraction of sp³-hybridized carbons (Fsp3) is 0.607. The number of benzene rings is 1. The second-order valence-corrected chi connectivity index (χ2v) is 10.4. The molecule has 0 bridgehead atoms. The molecule has 1 heterocycles. The summed E-state index contributed by atoms with van der Waals surface area (Å²) in [5.74, 6) is 2.56. The van der Waals surface area contributed by atoms with E-state index in [1.54, 1.807) is 0 Å². The summed E-state index contributed by atoms with van der Waals surface area (Å²) in [4.78, 5) is 39.2. The molecule has 2 rings (SSSR count). The second-order valence-electron chi connectivity index (χ2n) is 9.58. The fourth-order valence-corrected chi connectivity index (χ4v) is 4.52. The van der Waals surface area contributed by atoms with Crippen LogP contribution in [0, 0.1) is 11.2 Å². The van der Waals surface area contributed by atoms with E-state index in [4.69, 9.17) is 9.47 Å². The Morgan fingerprint density at radius 2 is 1.89 bits per heavy atom. The zero-order chi connectivity index (χ0) is 25.7. The molecule has 1 amide bonds. The van der Waals surface area contributed by atoms with Crippen molar-refractivity contribution in [3.63, 3.8) is 0 Å². The van der Waals surface area contributed by atoms with E-state index in [-0.39, 0.29) is 25.3 Å². The van der Waals surface area contributed by atoms with Crippen LogP contribution >= 0.6 is 11.8 Å². The van der Waals surface area contributed by atoms with Gasteiger partial charge in [0.15, 0.2) is 0 Å². The molecule has 1 saturated heterocycles. The van der Waals surface area contributed by atoms with Crippen molar-refractivity contribution in [1.29, 1.82) is 0 Å². The van der Waals surface area contributed by atoms with Gasteiger partial charge in [-0.3, -0.25) is 14.5 Å². The predicted octanol–water partition coefficient (Wildman–Crippen LogP) is 4.39. The van der Waals surface area contributed by atoms with E-state index in [0.717, 1.165) is 50.8 Å². The van der Waals surface area contributed by atoms with E-state index in [0.29, 0.717) is 12.2 Å². The predicted molar refractivity (Wildman–Crippen MR) is 145 cm³/mol. The van der Waals surface area contributed by atoms with Crippen molar-refractivity contribution in [3.05, 3.63) is 35.9 Å². The number of hydrogen-bond donors (Lipinski definition) is 1. The van der Waals surface area contributed by atoms with E-state index >= 15 is 0 Å². The zero-order valence-corrected chi connectivity index (χ0v) is 22.1. The molecule has 36 heavy (non-hydrogen) atoms. The van der Waals surface area contributed by atoms with Crippen LogP contribution in [-0.2, 0) is 23.9 Å². The van der Waals surface area contributed by atoms with Crippen LogP contribution in [0.1, 0.15) is 72.3 Å². The first-order valence-corrected chi connectivity index (χ1v) is 13.2. The number of unbranched alkanes of at least 4 members (excludes halogenated alkanes) is 2. The Bertz CT molecular complexity index is 889. The number of nitrogens with zero attached hydrogens (tertiary/aromatic N) is 1. The molecule has 7 nitrogen and oxygen atoms in total. The molecule has 1 aromatic carbocycles. The Morgan fingerprint density at radius 3 is 2.56 bits per heavy atom. The Hall–Kier alpha value is -2.50. The fourth-order valence-electron chi connectivity index (χ4n) is 3.86. The van der Waals surface area contributed by atoms with Gasteiger partial charge in [0.1, 0.15) is 11.6 Å². The second kappa shape index (κ2) is 16.3. The smallest absolute Gasteiger partial charge is 0.329 e. The SMILES string of the molecule is C.COC(=O)[C@H](CSC#Cc1ccccc1)NC(=O)[C@@H]1CCCN1CCCCCC(=O)OC(C)(C)C. The number of carbonyl (C=O) groups is 3. The first kappa shape index (κ1) is 31.5. The average molecular weight is 519 g/mol. The molecular weight excluding hydrogens is 476 g/mol. The van der Waals surface area contributed by atoms with Crippen molar-refractivity contribution >= 4 is 29.6 Å². The van der Waals surface area contributed by atoms with E-state index in [9.17, 15) is 14.4 Å².